The van der Waals surface area contributed by atoms with E-state index in [0.717, 1.165) is 22.5 Å². The van der Waals surface area contributed by atoms with E-state index >= 15 is 0 Å². The molecule has 19 heavy (non-hydrogen) atoms. The van der Waals surface area contributed by atoms with Gasteiger partial charge in [0.1, 0.15) is 7.28 Å². The number of aromatic carboxylic acids is 1. The van der Waals surface area contributed by atoms with Gasteiger partial charge in [0, 0.05) is 10.3 Å². The van der Waals surface area contributed by atoms with E-state index in [-0.39, 0.29) is 5.69 Å². The minimum atomic E-state index is -0.932. The second-order valence-electron chi connectivity index (χ2n) is 5.88. The number of carboxylic acid groups (broad SMARTS) is 1. The molecule has 1 aliphatic carbocycles. The Kier molecular flexibility index (Phi) is 3.70. The monoisotopic (exact) mass is 273 g/mol. The molecule has 0 spiro atoms. The van der Waals surface area contributed by atoms with Crippen LogP contribution in [0.3, 0.4) is 0 Å². The lowest BCUT2D eigenvalue weighted by atomic mass is 9.60. The Morgan fingerprint density at radius 3 is 3.16 bits per heavy atom. The van der Waals surface area contributed by atoms with E-state index < -0.39 is 5.97 Å². The Morgan fingerprint density at radius 1 is 1.58 bits per heavy atom. The summed E-state index contributed by atoms with van der Waals surface area (Å²) in [5.41, 5.74) is 0.173. The van der Waals surface area contributed by atoms with Gasteiger partial charge in [0.2, 0.25) is 0 Å². The molecule has 1 aromatic rings. The van der Waals surface area contributed by atoms with Crippen LogP contribution in [-0.4, -0.2) is 30.6 Å². The first-order valence-corrected chi connectivity index (χ1v) is 7.90. The highest BCUT2D eigenvalue weighted by molar-refractivity contribution is 7.19. The minimum absolute atomic E-state index is 0.173. The van der Waals surface area contributed by atoms with E-state index in [9.17, 15) is 4.79 Å². The van der Waals surface area contributed by atoms with E-state index in [1.165, 1.54) is 37.0 Å². The average Bonchev–Trinajstić information content (AvgIpc) is 2.93. The van der Waals surface area contributed by atoms with Crippen molar-refractivity contribution in [2.75, 3.05) is 0 Å². The maximum Gasteiger partial charge on any atom is 0.355 e. The van der Waals surface area contributed by atoms with Gasteiger partial charge in [-0.1, -0.05) is 50.1 Å². The molecule has 4 unspecified atom stereocenters. The van der Waals surface area contributed by atoms with Gasteiger partial charge in [0.25, 0.3) is 0 Å². The van der Waals surface area contributed by atoms with Crippen molar-refractivity contribution < 1.29 is 9.90 Å². The van der Waals surface area contributed by atoms with Gasteiger partial charge in [0.15, 0.2) is 13.0 Å². The van der Waals surface area contributed by atoms with Crippen LogP contribution in [0.1, 0.15) is 43.1 Å². The summed E-state index contributed by atoms with van der Waals surface area (Å²) in [6.45, 7) is 2.37. The molecule has 6 heteroatoms. The number of rotatable bonds is 3. The highest BCUT2D eigenvalue weighted by Gasteiger charge is 2.43. The number of thiazole rings is 1. The lowest BCUT2D eigenvalue weighted by molar-refractivity contribution is 0.0691. The highest BCUT2D eigenvalue weighted by atomic mass is 32.1. The molecular formula is C13H17B2NO2S. The number of nitrogens with zero attached hydrogens (tertiary/aromatic N) is 1. The number of carbonyl (C=O) groups is 1. The van der Waals surface area contributed by atoms with Crippen LogP contribution in [0, 0.1) is 5.92 Å². The van der Waals surface area contributed by atoms with Crippen molar-refractivity contribution in [2.45, 2.75) is 50.1 Å². The zero-order valence-corrected chi connectivity index (χ0v) is 11.9. The third-order valence-electron chi connectivity index (χ3n) is 4.41. The van der Waals surface area contributed by atoms with Gasteiger partial charge in [-0.2, -0.15) is 0 Å². The molecule has 1 N–H and O–H groups in total. The Bertz CT molecular complexity index is 479. The van der Waals surface area contributed by atoms with Crippen molar-refractivity contribution in [3.05, 3.63) is 11.1 Å². The van der Waals surface area contributed by atoms with Crippen molar-refractivity contribution in [3.8, 4) is 0 Å². The predicted molar refractivity (Wildman–Crippen MR) is 79.1 cm³/mol. The van der Waals surface area contributed by atoms with Crippen LogP contribution in [0.2, 0.25) is 17.5 Å². The lowest BCUT2D eigenvalue weighted by Crippen LogP contribution is -2.21. The standard InChI is InChI=1S/C13H17B2NO2S/c1-7-3-2-4-8(5-9-11(7)15-9)14-13-16-10(6-19-13)12(17)18/h6-9,11H,2-5H2,1H3,(H,17,18). The molecule has 2 heterocycles. The lowest BCUT2D eigenvalue weighted by Gasteiger charge is -2.21. The van der Waals surface area contributed by atoms with E-state index in [0.29, 0.717) is 5.82 Å². The van der Waals surface area contributed by atoms with Gasteiger partial charge in [-0.05, 0) is 5.92 Å². The Labute approximate surface area is 119 Å². The fourth-order valence-corrected chi connectivity index (χ4v) is 4.05. The SMILES string of the molecule is CC1CCCC([B]c2nc(C(=O)O)cs2)CC2[B]C12. The van der Waals surface area contributed by atoms with Crippen LogP contribution < -0.4 is 4.91 Å². The molecule has 2 fully saturated rings. The first-order chi connectivity index (χ1) is 9.13. The molecule has 98 valence electrons. The van der Waals surface area contributed by atoms with Crippen LogP contribution in [-0.2, 0) is 0 Å². The van der Waals surface area contributed by atoms with Gasteiger partial charge >= 0.3 is 5.97 Å². The van der Waals surface area contributed by atoms with Gasteiger partial charge in [-0.25, -0.2) is 9.78 Å². The molecule has 1 saturated heterocycles. The predicted octanol–water partition coefficient (Wildman–Crippen LogP) is 2.46. The zero-order valence-electron chi connectivity index (χ0n) is 11.1. The molecule has 3 rings (SSSR count). The molecule has 2 radical (unpaired) electrons. The fourth-order valence-electron chi connectivity index (χ4n) is 3.25. The second-order valence-corrected chi connectivity index (χ2v) is 6.77. The number of aromatic nitrogens is 1. The van der Waals surface area contributed by atoms with E-state index in [4.69, 9.17) is 5.11 Å². The first kappa shape index (κ1) is 13.2. The second kappa shape index (κ2) is 5.31. The van der Waals surface area contributed by atoms with Crippen LogP contribution in [0.5, 0.6) is 0 Å². The zero-order chi connectivity index (χ0) is 13.4. The topological polar surface area (TPSA) is 50.2 Å². The molecule has 1 aromatic heterocycles. The largest absolute Gasteiger partial charge is 0.476 e. The number of carboxylic acids is 1. The highest BCUT2D eigenvalue weighted by Crippen LogP contribution is 2.55. The molecule has 1 saturated carbocycles. The van der Waals surface area contributed by atoms with Gasteiger partial charge in [-0.3, -0.25) is 0 Å². The summed E-state index contributed by atoms with van der Waals surface area (Å²) >= 11 is 1.44. The molecule has 0 aromatic carbocycles. The molecule has 1 aliphatic heterocycles. The Hall–Kier alpha value is -0.770. The smallest absolute Gasteiger partial charge is 0.355 e. The van der Waals surface area contributed by atoms with Crippen molar-refractivity contribution in [3.63, 3.8) is 0 Å². The van der Waals surface area contributed by atoms with Crippen molar-refractivity contribution in [1.82, 2.24) is 4.98 Å². The van der Waals surface area contributed by atoms with Gasteiger partial charge in [0.05, 0.1) is 0 Å². The third-order valence-corrected chi connectivity index (χ3v) is 5.22. The van der Waals surface area contributed by atoms with E-state index in [1.54, 1.807) is 5.38 Å². The number of hydrogen-bond donors (Lipinski definition) is 1. The van der Waals surface area contributed by atoms with Crippen LogP contribution in [0.15, 0.2) is 5.38 Å². The molecule has 0 amide bonds. The quantitative estimate of drug-likeness (QED) is 0.860. The average molecular weight is 273 g/mol. The fraction of sp³-hybridized carbons (Fsp3) is 0.692. The molecule has 2 aliphatic rings. The summed E-state index contributed by atoms with van der Waals surface area (Å²) in [5, 5.41) is 10.5. The minimum Gasteiger partial charge on any atom is -0.476 e. The summed E-state index contributed by atoms with van der Waals surface area (Å²) in [6.07, 6.45) is 5.02. The van der Waals surface area contributed by atoms with Crippen LogP contribution in [0.4, 0.5) is 0 Å². The maximum absolute atomic E-state index is 10.8. The van der Waals surface area contributed by atoms with Crippen LogP contribution >= 0.6 is 11.3 Å². The summed E-state index contributed by atoms with van der Waals surface area (Å²) in [5.74, 6) is 2.10. The Balaban J connectivity index is 1.60. The summed E-state index contributed by atoms with van der Waals surface area (Å²) in [4.78, 5) is 15.9. The van der Waals surface area contributed by atoms with Crippen molar-refractivity contribution in [1.29, 1.82) is 0 Å². The molecule has 3 nitrogen and oxygen atoms in total. The molecule has 4 atom stereocenters. The third kappa shape index (κ3) is 3.04. The molecule has 0 bridgehead atoms. The maximum atomic E-state index is 10.8. The van der Waals surface area contributed by atoms with Crippen molar-refractivity contribution >= 4 is 36.8 Å². The summed E-state index contributed by atoms with van der Waals surface area (Å²) in [7, 11) is 4.68. The Morgan fingerprint density at radius 2 is 2.42 bits per heavy atom. The van der Waals surface area contributed by atoms with E-state index in [1.807, 2.05) is 0 Å². The van der Waals surface area contributed by atoms with Gasteiger partial charge in [-0.15, -0.1) is 11.3 Å². The van der Waals surface area contributed by atoms with Crippen LogP contribution in [0.25, 0.3) is 0 Å². The first-order valence-electron chi connectivity index (χ1n) is 7.02. The normalized spacial score (nSPS) is 33.5. The van der Waals surface area contributed by atoms with Gasteiger partial charge < -0.3 is 5.11 Å². The van der Waals surface area contributed by atoms with Crippen molar-refractivity contribution in [2.24, 2.45) is 5.92 Å². The number of fused-ring (bicyclic) bond motifs is 1. The van der Waals surface area contributed by atoms with E-state index in [2.05, 4.69) is 26.5 Å². The summed E-state index contributed by atoms with van der Waals surface area (Å²) < 4.78 is 0. The molecular weight excluding hydrogens is 256 g/mol. The summed E-state index contributed by atoms with van der Waals surface area (Å²) in [6, 6.07) is 0. The number of hydrogen-bond acceptors (Lipinski definition) is 3.